The van der Waals surface area contributed by atoms with Crippen molar-refractivity contribution in [2.45, 2.75) is 6.35 Å². The zero-order valence-electron chi connectivity index (χ0n) is 9.81. The molecule has 1 aromatic rings. The zero-order valence-corrected chi connectivity index (χ0v) is 10.6. The van der Waals surface area contributed by atoms with Crippen molar-refractivity contribution in [2.24, 2.45) is 4.99 Å². The van der Waals surface area contributed by atoms with E-state index in [1.165, 1.54) is 7.11 Å². The van der Waals surface area contributed by atoms with Crippen LogP contribution >= 0.6 is 11.6 Å². The summed E-state index contributed by atoms with van der Waals surface area (Å²) in [6.45, 7) is 0. The summed E-state index contributed by atoms with van der Waals surface area (Å²) in [6, 6.07) is 3.25. The summed E-state index contributed by atoms with van der Waals surface area (Å²) in [5.74, 6) is 0.448. The lowest BCUT2D eigenvalue weighted by Gasteiger charge is -2.25. The average molecular weight is 281 g/mol. The van der Waals surface area contributed by atoms with Crippen molar-refractivity contribution < 1.29 is 19.4 Å². The summed E-state index contributed by atoms with van der Waals surface area (Å²) in [6.07, 6.45) is 0.285. The molecule has 0 saturated heterocycles. The highest BCUT2D eigenvalue weighted by atomic mass is 35.5. The van der Waals surface area contributed by atoms with Crippen molar-refractivity contribution in [3.05, 3.63) is 28.3 Å². The molecule has 7 heteroatoms. The van der Waals surface area contributed by atoms with Gasteiger partial charge in [0, 0.05) is 16.7 Å². The molecule has 0 aromatic heterocycles. The van der Waals surface area contributed by atoms with Gasteiger partial charge in [0.1, 0.15) is 5.57 Å². The highest BCUT2D eigenvalue weighted by Crippen LogP contribution is 2.39. The van der Waals surface area contributed by atoms with Crippen LogP contribution in [0.1, 0.15) is 5.56 Å². The number of ether oxygens (including phenoxy) is 2. The van der Waals surface area contributed by atoms with Gasteiger partial charge in [0.2, 0.25) is 12.2 Å². The van der Waals surface area contributed by atoms with Gasteiger partial charge in [-0.25, -0.2) is 0 Å². The third-order valence-corrected chi connectivity index (χ3v) is 2.96. The number of carbonyl (C=O) groups excluding carboxylic acids is 1. The SMILES string of the molecule is COc1cc(Cl)cc2c1OC1=NC(O)NC(=O)C1=C2. The summed E-state index contributed by atoms with van der Waals surface area (Å²) in [4.78, 5) is 15.5. The Bertz CT molecular complexity index is 639. The largest absolute Gasteiger partial charge is 0.493 e. The normalized spacial score (nSPS) is 20.4. The van der Waals surface area contributed by atoms with Gasteiger partial charge < -0.3 is 19.9 Å². The van der Waals surface area contributed by atoms with E-state index < -0.39 is 12.3 Å². The van der Waals surface area contributed by atoms with Gasteiger partial charge >= 0.3 is 0 Å². The van der Waals surface area contributed by atoms with Crippen molar-refractivity contribution >= 4 is 29.5 Å². The molecule has 0 radical (unpaired) electrons. The molecule has 2 heterocycles. The minimum Gasteiger partial charge on any atom is -0.493 e. The maximum Gasteiger partial charge on any atom is 0.260 e. The number of aliphatic hydroxyl groups excluding tert-OH is 1. The number of rotatable bonds is 1. The molecule has 1 amide bonds. The smallest absolute Gasteiger partial charge is 0.260 e. The predicted octanol–water partition coefficient (Wildman–Crippen LogP) is 0.929. The average Bonchev–Trinajstić information content (AvgIpc) is 2.36. The number of fused-ring (bicyclic) bond motifs is 2. The zero-order chi connectivity index (χ0) is 13.6. The number of nitrogens with zero attached hydrogens (tertiary/aromatic N) is 1. The maximum absolute atomic E-state index is 11.7. The van der Waals surface area contributed by atoms with Gasteiger partial charge in [-0.3, -0.25) is 4.79 Å². The van der Waals surface area contributed by atoms with E-state index in [1.54, 1.807) is 18.2 Å². The number of nitrogens with one attached hydrogen (secondary N) is 1. The molecule has 6 nitrogen and oxygen atoms in total. The van der Waals surface area contributed by atoms with Crippen LogP contribution in [0.5, 0.6) is 11.5 Å². The number of amides is 1. The molecule has 3 rings (SSSR count). The first-order valence-corrected chi connectivity index (χ1v) is 5.80. The number of aliphatic hydroxyl groups is 1. The summed E-state index contributed by atoms with van der Waals surface area (Å²) in [7, 11) is 1.48. The Morgan fingerprint density at radius 1 is 1.53 bits per heavy atom. The van der Waals surface area contributed by atoms with Crippen LogP contribution in [0.3, 0.4) is 0 Å². The highest BCUT2D eigenvalue weighted by molar-refractivity contribution is 6.31. The van der Waals surface area contributed by atoms with E-state index in [0.29, 0.717) is 22.1 Å². The van der Waals surface area contributed by atoms with Crippen molar-refractivity contribution in [1.82, 2.24) is 5.32 Å². The molecule has 1 aromatic carbocycles. The minimum absolute atomic E-state index is 0.0596. The van der Waals surface area contributed by atoms with Gasteiger partial charge in [-0.05, 0) is 12.1 Å². The Hall–Kier alpha value is -2.05. The molecule has 2 aliphatic heterocycles. The summed E-state index contributed by atoms with van der Waals surface area (Å²) < 4.78 is 10.7. The Morgan fingerprint density at radius 3 is 3.05 bits per heavy atom. The van der Waals surface area contributed by atoms with Crippen LogP contribution in [0.2, 0.25) is 5.02 Å². The minimum atomic E-state index is -1.31. The summed E-state index contributed by atoms with van der Waals surface area (Å²) >= 11 is 5.96. The topological polar surface area (TPSA) is 80.2 Å². The van der Waals surface area contributed by atoms with Crippen LogP contribution in [0.15, 0.2) is 22.7 Å². The molecule has 98 valence electrons. The molecular weight excluding hydrogens is 272 g/mol. The molecule has 0 saturated carbocycles. The van der Waals surface area contributed by atoms with Crippen LogP contribution in [0.4, 0.5) is 0 Å². The fraction of sp³-hybridized carbons (Fsp3) is 0.167. The highest BCUT2D eigenvalue weighted by Gasteiger charge is 2.31. The number of carbonyl (C=O) groups is 1. The first kappa shape index (κ1) is 12.0. The van der Waals surface area contributed by atoms with Gasteiger partial charge in [-0.15, -0.1) is 0 Å². The van der Waals surface area contributed by atoms with E-state index in [9.17, 15) is 9.90 Å². The van der Waals surface area contributed by atoms with Gasteiger partial charge in [-0.2, -0.15) is 4.99 Å². The molecule has 0 bridgehead atoms. The third-order valence-electron chi connectivity index (χ3n) is 2.74. The van der Waals surface area contributed by atoms with E-state index in [-0.39, 0.29) is 11.5 Å². The van der Waals surface area contributed by atoms with E-state index in [2.05, 4.69) is 10.3 Å². The number of aliphatic imine (C=N–C) groups is 1. The van der Waals surface area contributed by atoms with E-state index >= 15 is 0 Å². The number of hydrogen-bond acceptors (Lipinski definition) is 5. The van der Waals surface area contributed by atoms with Crippen molar-refractivity contribution in [3.63, 3.8) is 0 Å². The second-order valence-electron chi connectivity index (χ2n) is 3.97. The summed E-state index contributed by atoms with van der Waals surface area (Å²) in [5.41, 5.74) is 0.854. The molecule has 2 aliphatic rings. The predicted molar refractivity (Wildman–Crippen MR) is 68.2 cm³/mol. The lowest BCUT2D eigenvalue weighted by molar-refractivity contribution is -0.120. The van der Waals surface area contributed by atoms with Crippen molar-refractivity contribution in [2.75, 3.05) is 7.11 Å². The maximum atomic E-state index is 11.7. The number of methoxy groups -OCH3 is 1. The molecule has 19 heavy (non-hydrogen) atoms. The standard InChI is InChI=1S/C12H9ClN2O4/c1-18-8-4-6(13)2-5-3-7-10(16)14-12(17)15-11(7)19-9(5)8/h2-4,12,17H,1H3,(H,14,16). The second kappa shape index (κ2) is 4.25. The van der Waals surface area contributed by atoms with Gasteiger partial charge in [0.15, 0.2) is 11.5 Å². The molecular formula is C12H9ClN2O4. The Labute approximate surface area is 113 Å². The Morgan fingerprint density at radius 2 is 2.32 bits per heavy atom. The second-order valence-corrected chi connectivity index (χ2v) is 4.40. The lowest BCUT2D eigenvalue weighted by Crippen LogP contribution is -2.43. The van der Waals surface area contributed by atoms with Gasteiger partial charge in [-0.1, -0.05) is 11.6 Å². The number of halogens is 1. The van der Waals surface area contributed by atoms with Crippen molar-refractivity contribution in [1.29, 1.82) is 0 Å². The summed E-state index contributed by atoms with van der Waals surface area (Å²) in [5, 5.41) is 12.1. The molecule has 1 atom stereocenters. The van der Waals surface area contributed by atoms with Crippen LogP contribution < -0.4 is 14.8 Å². The van der Waals surface area contributed by atoms with Crippen LogP contribution in [0.25, 0.3) is 6.08 Å². The molecule has 0 spiro atoms. The fourth-order valence-electron chi connectivity index (χ4n) is 1.92. The fourth-order valence-corrected chi connectivity index (χ4v) is 2.14. The van der Waals surface area contributed by atoms with Gasteiger partial charge in [0.05, 0.1) is 7.11 Å². The Kier molecular flexibility index (Phi) is 2.69. The van der Waals surface area contributed by atoms with Crippen LogP contribution in [0, 0.1) is 0 Å². The third kappa shape index (κ3) is 1.94. The van der Waals surface area contributed by atoms with Gasteiger partial charge in [0.25, 0.3) is 5.91 Å². The van der Waals surface area contributed by atoms with Crippen LogP contribution in [-0.4, -0.2) is 30.4 Å². The van der Waals surface area contributed by atoms with E-state index in [0.717, 1.165) is 0 Å². The first-order chi connectivity index (χ1) is 9.08. The number of benzene rings is 1. The quantitative estimate of drug-likeness (QED) is 0.802. The monoisotopic (exact) mass is 280 g/mol. The first-order valence-electron chi connectivity index (χ1n) is 5.42. The molecule has 2 N–H and O–H groups in total. The van der Waals surface area contributed by atoms with Crippen molar-refractivity contribution in [3.8, 4) is 11.5 Å². The lowest BCUT2D eigenvalue weighted by atomic mass is 10.0. The van der Waals surface area contributed by atoms with E-state index in [4.69, 9.17) is 21.1 Å². The van der Waals surface area contributed by atoms with Crippen LogP contribution in [-0.2, 0) is 4.79 Å². The molecule has 0 aliphatic carbocycles. The Balaban J connectivity index is 2.18. The molecule has 1 unspecified atom stereocenters. The number of hydrogen-bond donors (Lipinski definition) is 2. The van der Waals surface area contributed by atoms with E-state index in [1.807, 2.05) is 0 Å². The molecule has 0 fully saturated rings.